The molecule has 0 radical (unpaired) electrons. The Labute approximate surface area is 131 Å². The first-order valence-corrected chi connectivity index (χ1v) is 7.99. The molecule has 0 atom stereocenters. The standard InChI is InChI=1S/C18H24N2O2/c1-15-19-16(10-6-3-2-4-9-13-18(21)22)14-20(15)17-11-7-5-8-12-17/h5,7-8,11-12,14H,2-4,6,9-10,13H2,1H3,(H,21,22). The summed E-state index contributed by atoms with van der Waals surface area (Å²) in [5.41, 5.74) is 2.28. The summed E-state index contributed by atoms with van der Waals surface area (Å²) in [6, 6.07) is 10.2. The van der Waals surface area contributed by atoms with E-state index < -0.39 is 5.97 Å². The molecule has 1 N–H and O–H groups in total. The molecular weight excluding hydrogens is 276 g/mol. The van der Waals surface area contributed by atoms with Crippen molar-refractivity contribution in [3.05, 3.63) is 48.0 Å². The summed E-state index contributed by atoms with van der Waals surface area (Å²) in [5.74, 6) is 0.324. The minimum absolute atomic E-state index is 0.292. The number of rotatable bonds is 9. The molecular formula is C18H24N2O2. The van der Waals surface area contributed by atoms with E-state index in [1.54, 1.807) is 0 Å². The maximum Gasteiger partial charge on any atom is 0.303 e. The number of hydrogen-bond acceptors (Lipinski definition) is 2. The molecule has 0 aliphatic carbocycles. The maximum atomic E-state index is 10.4. The van der Waals surface area contributed by atoms with Gasteiger partial charge in [-0.25, -0.2) is 4.98 Å². The fourth-order valence-corrected chi connectivity index (χ4v) is 2.62. The maximum absolute atomic E-state index is 10.4. The molecule has 1 aromatic carbocycles. The second-order valence-electron chi connectivity index (χ2n) is 5.65. The molecule has 0 aliphatic rings. The van der Waals surface area contributed by atoms with E-state index >= 15 is 0 Å². The van der Waals surface area contributed by atoms with Crippen LogP contribution in [0.25, 0.3) is 5.69 Å². The van der Waals surface area contributed by atoms with Gasteiger partial charge in [-0.3, -0.25) is 4.79 Å². The number of nitrogens with zero attached hydrogens (tertiary/aromatic N) is 2. The van der Waals surface area contributed by atoms with Gasteiger partial charge in [0.15, 0.2) is 0 Å². The van der Waals surface area contributed by atoms with Crippen LogP contribution in [0.4, 0.5) is 0 Å². The van der Waals surface area contributed by atoms with Gasteiger partial charge in [0.2, 0.25) is 0 Å². The second-order valence-corrected chi connectivity index (χ2v) is 5.65. The van der Waals surface area contributed by atoms with Gasteiger partial charge in [0.25, 0.3) is 0 Å². The van der Waals surface area contributed by atoms with E-state index in [2.05, 4.69) is 27.9 Å². The molecule has 0 bridgehead atoms. The predicted octanol–water partition coefficient (Wildman–Crippen LogP) is 4.15. The lowest BCUT2D eigenvalue weighted by Gasteiger charge is -2.03. The topological polar surface area (TPSA) is 55.1 Å². The highest BCUT2D eigenvalue weighted by atomic mass is 16.4. The van der Waals surface area contributed by atoms with Crippen molar-refractivity contribution < 1.29 is 9.90 Å². The molecule has 22 heavy (non-hydrogen) atoms. The second kappa shape index (κ2) is 8.37. The Hall–Kier alpha value is -2.10. The van der Waals surface area contributed by atoms with Gasteiger partial charge in [-0.1, -0.05) is 37.5 Å². The molecule has 0 unspecified atom stereocenters. The third-order valence-electron chi connectivity index (χ3n) is 3.79. The third kappa shape index (κ3) is 5.02. The van der Waals surface area contributed by atoms with Crippen LogP contribution in [0, 0.1) is 6.92 Å². The first kappa shape index (κ1) is 16.3. The molecule has 4 nitrogen and oxygen atoms in total. The van der Waals surface area contributed by atoms with Crippen LogP contribution in [-0.2, 0) is 11.2 Å². The van der Waals surface area contributed by atoms with Crippen LogP contribution in [0.3, 0.4) is 0 Å². The van der Waals surface area contributed by atoms with E-state index in [0.29, 0.717) is 6.42 Å². The number of aliphatic carboxylic acids is 1. The van der Waals surface area contributed by atoms with Gasteiger partial charge in [-0.2, -0.15) is 0 Å². The summed E-state index contributed by atoms with van der Waals surface area (Å²) in [4.78, 5) is 15.0. The summed E-state index contributed by atoms with van der Waals surface area (Å²) >= 11 is 0. The summed E-state index contributed by atoms with van der Waals surface area (Å²) < 4.78 is 2.13. The van der Waals surface area contributed by atoms with E-state index in [1.807, 2.05) is 25.1 Å². The summed E-state index contributed by atoms with van der Waals surface area (Å²) in [7, 11) is 0. The van der Waals surface area contributed by atoms with Crippen LogP contribution in [0.1, 0.15) is 50.0 Å². The Morgan fingerprint density at radius 3 is 2.50 bits per heavy atom. The monoisotopic (exact) mass is 300 g/mol. The number of imidazole rings is 1. The van der Waals surface area contributed by atoms with Gasteiger partial charge < -0.3 is 9.67 Å². The van der Waals surface area contributed by atoms with Crippen LogP contribution in [0.2, 0.25) is 0 Å². The number of para-hydroxylation sites is 1. The molecule has 4 heteroatoms. The smallest absolute Gasteiger partial charge is 0.303 e. The molecule has 2 aromatic rings. The van der Waals surface area contributed by atoms with Crippen molar-refractivity contribution in [2.75, 3.05) is 0 Å². The first-order chi connectivity index (χ1) is 10.7. The lowest BCUT2D eigenvalue weighted by atomic mass is 10.1. The van der Waals surface area contributed by atoms with Gasteiger partial charge in [0, 0.05) is 18.3 Å². The zero-order valence-electron chi connectivity index (χ0n) is 13.2. The molecule has 0 saturated heterocycles. The van der Waals surface area contributed by atoms with Crippen molar-refractivity contribution in [1.82, 2.24) is 9.55 Å². The number of aromatic nitrogens is 2. The van der Waals surface area contributed by atoms with E-state index in [4.69, 9.17) is 5.11 Å². The highest BCUT2D eigenvalue weighted by Gasteiger charge is 2.05. The van der Waals surface area contributed by atoms with Gasteiger partial charge in [0.1, 0.15) is 5.82 Å². The summed E-state index contributed by atoms with van der Waals surface area (Å²) in [6.45, 7) is 2.03. The number of hydrogen-bond donors (Lipinski definition) is 1. The molecule has 0 fully saturated rings. The van der Waals surface area contributed by atoms with Crippen LogP contribution in [0.5, 0.6) is 0 Å². The van der Waals surface area contributed by atoms with E-state index in [-0.39, 0.29) is 0 Å². The highest BCUT2D eigenvalue weighted by molar-refractivity contribution is 5.66. The number of benzene rings is 1. The van der Waals surface area contributed by atoms with Crippen molar-refractivity contribution in [2.45, 2.75) is 51.9 Å². The summed E-state index contributed by atoms with van der Waals surface area (Å²) in [6.07, 6.45) is 8.54. The number of carbonyl (C=O) groups is 1. The average Bonchev–Trinajstić information content (AvgIpc) is 2.88. The zero-order chi connectivity index (χ0) is 15.8. The van der Waals surface area contributed by atoms with E-state index in [9.17, 15) is 4.79 Å². The first-order valence-electron chi connectivity index (χ1n) is 7.99. The molecule has 0 amide bonds. The minimum atomic E-state index is -0.693. The van der Waals surface area contributed by atoms with E-state index in [1.165, 1.54) is 0 Å². The molecule has 0 saturated carbocycles. The number of unbranched alkanes of at least 4 members (excludes halogenated alkanes) is 4. The van der Waals surface area contributed by atoms with Gasteiger partial charge in [-0.15, -0.1) is 0 Å². The number of carboxylic acids is 1. The minimum Gasteiger partial charge on any atom is -0.481 e. The van der Waals surface area contributed by atoms with Gasteiger partial charge >= 0.3 is 5.97 Å². The average molecular weight is 300 g/mol. The molecule has 0 spiro atoms. The van der Waals surface area contributed by atoms with Crippen molar-refractivity contribution in [2.24, 2.45) is 0 Å². The van der Waals surface area contributed by atoms with Crippen molar-refractivity contribution in [1.29, 1.82) is 0 Å². The highest BCUT2D eigenvalue weighted by Crippen LogP contribution is 2.14. The Morgan fingerprint density at radius 1 is 1.09 bits per heavy atom. The Bertz CT molecular complexity index is 590. The molecule has 2 rings (SSSR count). The quantitative estimate of drug-likeness (QED) is 0.708. The summed E-state index contributed by atoms with van der Waals surface area (Å²) in [5, 5.41) is 8.58. The van der Waals surface area contributed by atoms with Crippen molar-refractivity contribution in [3.63, 3.8) is 0 Å². The predicted molar refractivity (Wildman–Crippen MR) is 87.3 cm³/mol. The molecule has 1 heterocycles. The van der Waals surface area contributed by atoms with Crippen LogP contribution in [-0.4, -0.2) is 20.6 Å². The molecule has 118 valence electrons. The largest absolute Gasteiger partial charge is 0.481 e. The van der Waals surface area contributed by atoms with Crippen LogP contribution in [0.15, 0.2) is 36.5 Å². The molecule has 1 aromatic heterocycles. The van der Waals surface area contributed by atoms with Gasteiger partial charge in [0.05, 0.1) is 5.69 Å². The zero-order valence-corrected chi connectivity index (χ0v) is 13.2. The van der Waals surface area contributed by atoms with Crippen LogP contribution < -0.4 is 0 Å². The Morgan fingerprint density at radius 2 is 1.77 bits per heavy atom. The van der Waals surface area contributed by atoms with Gasteiger partial charge in [-0.05, 0) is 38.3 Å². The number of aryl methyl sites for hydroxylation is 2. The SMILES string of the molecule is Cc1nc(CCCCCCCC(=O)O)cn1-c1ccccc1. The van der Waals surface area contributed by atoms with Crippen molar-refractivity contribution in [3.8, 4) is 5.69 Å². The Balaban J connectivity index is 1.74. The fourth-order valence-electron chi connectivity index (χ4n) is 2.62. The Kier molecular flexibility index (Phi) is 6.19. The normalized spacial score (nSPS) is 10.8. The third-order valence-corrected chi connectivity index (χ3v) is 3.79. The van der Waals surface area contributed by atoms with E-state index in [0.717, 1.165) is 55.7 Å². The molecule has 0 aliphatic heterocycles. The number of carboxylic acid groups (broad SMARTS) is 1. The fraction of sp³-hybridized carbons (Fsp3) is 0.444. The lowest BCUT2D eigenvalue weighted by molar-refractivity contribution is -0.137. The lowest BCUT2D eigenvalue weighted by Crippen LogP contribution is -1.94. The van der Waals surface area contributed by atoms with Crippen molar-refractivity contribution >= 4 is 5.97 Å². The van der Waals surface area contributed by atoms with Crippen LogP contribution >= 0.6 is 0 Å².